The Morgan fingerprint density at radius 2 is 1.05 bits per heavy atom. The second-order valence-electron chi connectivity index (χ2n) is 4.25. The summed E-state index contributed by atoms with van der Waals surface area (Å²) in [6, 6.07) is 19.0. The molecule has 0 spiro atoms. The van der Waals surface area contributed by atoms with Crippen LogP contribution in [0, 0.1) is 5.16 Å². The van der Waals surface area contributed by atoms with Crippen LogP contribution in [0.1, 0.15) is 0 Å². The van der Waals surface area contributed by atoms with Gasteiger partial charge < -0.3 is 9.47 Å². The van der Waals surface area contributed by atoms with Crippen molar-refractivity contribution < 1.29 is 18.5 Å². The number of benzene rings is 2. The van der Waals surface area contributed by atoms with Crippen LogP contribution in [-0.2, 0) is 9.05 Å². The molecule has 1 N–H and O–H groups in total. The number of rotatable bonds is 10. The molecule has 2 rings (SSSR count). The number of hydrogen-bond acceptors (Lipinski definition) is 5. The SMILES string of the molecule is N=[P+](OCCOc1ccccc1)OCCOc1ccccc1. The lowest BCUT2D eigenvalue weighted by Gasteiger charge is -2.03. The molecular weight excluding hydrogens is 301 g/mol. The molecule has 2 aromatic rings. The summed E-state index contributed by atoms with van der Waals surface area (Å²) in [5.74, 6) is 1.58. The standard InChI is InChI=1S/C16H19NO4P/c17-22(20-13-11-18-15-7-3-1-4-8-15)21-14-12-19-16-9-5-2-6-10-16/h1-10,17H,11-14H2/q+1. The number of hydrogen-bond donors (Lipinski definition) is 1. The molecular formula is C16H19NO4P+. The average Bonchev–Trinajstić information content (AvgIpc) is 2.57. The molecule has 6 heteroatoms. The minimum Gasteiger partial charge on any atom is -0.491 e. The third kappa shape index (κ3) is 6.68. The highest BCUT2D eigenvalue weighted by Crippen LogP contribution is 2.24. The van der Waals surface area contributed by atoms with E-state index in [4.69, 9.17) is 23.7 Å². The van der Waals surface area contributed by atoms with Crippen LogP contribution in [0.4, 0.5) is 0 Å². The van der Waals surface area contributed by atoms with E-state index in [1.165, 1.54) is 0 Å². The maximum atomic E-state index is 7.65. The Balaban J connectivity index is 1.49. The molecule has 0 radical (unpaired) electrons. The van der Waals surface area contributed by atoms with E-state index in [9.17, 15) is 0 Å². The number of para-hydroxylation sites is 2. The molecule has 0 aromatic heterocycles. The van der Waals surface area contributed by atoms with Crippen LogP contribution in [0.5, 0.6) is 11.5 Å². The van der Waals surface area contributed by atoms with Gasteiger partial charge in [-0.3, -0.25) is 0 Å². The van der Waals surface area contributed by atoms with E-state index in [1.54, 1.807) is 0 Å². The quantitative estimate of drug-likeness (QED) is 0.525. The fraction of sp³-hybridized carbons (Fsp3) is 0.250. The third-order valence-electron chi connectivity index (χ3n) is 2.61. The molecule has 0 aliphatic heterocycles. The van der Waals surface area contributed by atoms with Crippen LogP contribution in [0.25, 0.3) is 0 Å². The number of ether oxygens (including phenoxy) is 2. The predicted octanol–water partition coefficient (Wildman–Crippen LogP) is 4.25. The van der Waals surface area contributed by atoms with Gasteiger partial charge in [-0.25, -0.2) is 0 Å². The highest BCUT2D eigenvalue weighted by molar-refractivity contribution is 7.34. The molecule has 0 heterocycles. The van der Waals surface area contributed by atoms with Gasteiger partial charge in [-0.2, -0.15) is 0 Å². The van der Waals surface area contributed by atoms with Crippen molar-refractivity contribution >= 4 is 8.17 Å². The van der Waals surface area contributed by atoms with Gasteiger partial charge in [-0.15, -0.1) is 9.05 Å². The Morgan fingerprint density at radius 1 is 0.636 bits per heavy atom. The van der Waals surface area contributed by atoms with Crippen LogP contribution in [-0.4, -0.2) is 26.4 Å². The Hall–Kier alpha value is -1.94. The summed E-state index contributed by atoms with van der Waals surface area (Å²) < 4.78 is 21.4. The van der Waals surface area contributed by atoms with Crippen molar-refractivity contribution in [1.82, 2.24) is 0 Å². The molecule has 0 bridgehead atoms. The Morgan fingerprint density at radius 3 is 1.45 bits per heavy atom. The van der Waals surface area contributed by atoms with Crippen molar-refractivity contribution in [2.24, 2.45) is 0 Å². The van der Waals surface area contributed by atoms with E-state index in [1.807, 2.05) is 60.7 Å². The Bertz CT molecular complexity index is 501. The first-order valence-corrected chi connectivity index (χ1v) is 8.15. The summed E-state index contributed by atoms with van der Waals surface area (Å²) in [6.07, 6.45) is 0. The minimum absolute atomic E-state index is 0.323. The molecule has 0 saturated heterocycles. The van der Waals surface area contributed by atoms with Gasteiger partial charge in [0, 0.05) is 0 Å². The smallest absolute Gasteiger partial charge is 0.491 e. The largest absolute Gasteiger partial charge is 0.556 e. The molecule has 0 aliphatic carbocycles. The zero-order chi connectivity index (χ0) is 15.5. The van der Waals surface area contributed by atoms with Crippen LogP contribution < -0.4 is 9.47 Å². The molecule has 22 heavy (non-hydrogen) atoms. The molecule has 0 fully saturated rings. The van der Waals surface area contributed by atoms with Crippen LogP contribution >= 0.6 is 8.17 Å². The maximum Gasteiger partial charge on any atom is 0.556 e. The molecule has 2 aromatic carbocycles. The van der Waals surface area contributed by atoms with Crippen molar-refractivity contribution in [1.29, 1.82) is 5.16 Å². The van der Waals surface area contributed by atoms with Gasteiger partial charge in [-0.05, 0) is 24.3 Å². The summed E-state index contributed by atoms with van der Waals surface area (Å²) in [5, 5.41) is 7.65. The summed E-state index contributed by atoms with van der Waals surface area (Å²) >= 11 is 0. The summed E-state index contributed by atoms with van der Waals surface area (Å²) in [6.45, 7) is 1.44. The van der Waals surface area contributed by atoms with Gasteiger partial charge in [0.2, 0.25) is 0 Å². The van der Waals surface area contributed by atoms with E-state index < -0.39 is 8.17 Å². The Kier molecular flexibility index (Phi) is 7.39. The number of nitrogens with one attached hydrogen (secondary N) is 1. The normalized spacial score (nSPS) is 10.2. The zero-order valence-electron chi connectivity index (χ0n) is 12.2. The van der Waals surface area contributed by atoms with E-state index in [0.717, 1.165) is 11.5 Å². The van der Waals surface area contributed by atoms with E-state index in [2.05, 4.69) is 0 Å². The van der Waals surface area contributed by atoms with Crippen molar-refractivity contribution in [3.8, 4) is 11.5 Å². The lowest BCUT2D eigenvalue weighted by molar-refractivity contribution is 0.181. The average molecular weight is 320 g/mol. The summed E-state index contributed by atoms with van der Waals surface area (Å²) in [5.41, 5.74) is 0. The van der Waals surface area contributed by atoms with E-state index in [0.29, 0.717) is 26.4 Å². The van der Waals surface area contributed by atoms with Gasteiger partial charge in [0.25, 0.3) is 0 Å². The fourth-order valence-electron chi connectivity index (χ4n) is 1.63. The fourth-order valence-corrected chi connectivity index (χ4v) is 2.19. The first kappa shape index (κ1) is 16.4. The van der Waals surface area contributed by atoms with Crippen molar-refractivity contribution in [2.45, 2.75) is 0 Å². The second kappa shape index (κ2) is 9.90. The molecule has 0 saturated carbocycles. The van der Waals surface area contributed by atoms with Crippen LogP contribution in [0.2, 0.25) is 0 Å². The van der Waals surface area contributed by atoms with Crippen molar-refractivity contribution in [3.05, 3.63) is 60.7 Å². The monoisotopic (exact) mass is 320 g/mol. The maximum absolute atomic E-state index is 7.65. The highest BCUT2D eigenvalue weighted by Gasteiger charge is 2.13. The van der Waals surface area contributed by atoms with E-state index in [-0.39, 0.29) is 0 Å². The third-order valence-corrected chi connectivity index (χ3v) is 3.44. The predicted molar refractivity (Wildman–Crippen MR) is 85.4 cm³/mol. The van der Waals surface area contributed by atoms with Gasteiger partial charge >= 0.3 is 8.17 Å². The topological polar surface area (TPSA) is 60.8 Å². The van der Waals surface area contributed by atoms with Crippen LogP contribution in [0.3, 0.4) is 0 Å². The summed E-state index contributed by atoms with van der Waals surface area (Å²) in [4.78, 5) is 0. The molecule has 0 atom stereocenters. The zero-order valence-corrected chi connectivity index (χ0v) is 13.1. The van der Waals surface area contributed by atoms with E-state index >= 15 is 0 Å². The molecule has 0 amide bonds. The second-order valence-corrected chi connectivity index (χ2v) is 5.28. The van der Waals surface area contributed by atoms with Crippen molar-refractivity contribution in [3.63, 3.8) is 0 Å². The van der Waals surface area contributed by atoms with Crippen molar-refractivity contribution in [2.75, 3.05) is 26.4 Å². The Labute approximate surface area is 131 Å². The lowest BCUT2D eigenvalue weighted by atomic mass is 10.3. The highest BCUT2D eigenvalue weighted by atomic mass is 31.1. The molecule has 0 aliphatic rings. The molecule has 5 nitrogen and oxygen atoms in total. The molecule has 0 unspecified atom stereocenters. The van der Waals surface area contributed by atoms with Gasteiger partial charge in [0.15, 0.2) is 0 Å². The molecule has 116 valence electrons. The van der Waals surface area contributed by atoms with Gasteiger partial charge in [0.1, 0.15) is 37.9 Å². The van der Waals surface area contributed by atoms with Gasteiger partial charge in [-0.1, -0.05) is 41.6 Å². The van der Waals surface area contributed by atoms with Gasteiger partial charge in [0.05, 0.1) is 0 Å². The summed E-state index contributed by atoms with van der Waals surface area (Å²) in [7, 11) is -1.65. The minimum atomic E-state index is -1.65. The lowest BCUT2D eigenvalue weighted by Crippen LogP contribution is -2.06. The first-order valence-electron chi connectivity index (χ1n) is 6.97. The van der Waals surface area contributed by atoms with Crippen LogP contribution in [0.15, 0.2) is 60.7 Å². The first-order chi connectivity index (χ1) is 10.8.